The number of hydrogen-bond donors (Lipinski definition) is 1. The number of fused-ring (bicyclic) bond motifs is 1. The number of amides is 2. The molecule has 106 valence electrons. The van der Waals surface area contributed by atoms with Crippen molar-refractivity contribution in [2.75, 3.05) is 32.8 Å². The number of rotatable bonds is 1. The van der Waals surface area contributed by atoms with Gasteiger partial charge in [-0.15, -0.1) is 0 Å². The van der Waals surface area contributed by atoms with Crippen molar-refractivity contribution in [3.8, 4) is 0 Å². The van der Waals surface area contributed by atoms with Gasteiger partial charge in [0.1, 0.15) is 6.61 Å². The third-order valence-electron chi connectivity index (χ3n) is 4.50. The molecule has 2 atom stereocenters. The fourth-order valence-corrected chi connectivity index (χ4v) is 3.39. The van der Waals surface area contributed by atoms with Crippen LogP contribution in [0.25, 0.3) is 0 Å². The van der Waals surface area contributed by atoms with Crippen LogP contribution in [0.3, 0.4) is 0 Å². The predicted molar refractivity (Wildman–Crippen MR) is 68.5 cm³/mol. The van der Waals surface area contributed by atoms with Gasteiger partial charge in [-0.1, -0.05) is 0 Å². The maximum absolute atomic E-state index is 11.3. The standard InChI is InChI=1S/C13H21N3O3/c1-9(17)15-4-2-10(3-5-15)16-6-11-12(7-16)19-8-13(18)14-11/h10-12H,2-8H2,1H3,(H,14,18). The average molecular weight is 267 g/mol. The zero-order valence-corrected chi connectivity index (χ0v) is 11.3. The van der Waals surface area contributed by atoms with Crippen molar-refractivity contribution in [1.82, 2.24) is 15.1 Å². The molecule has 6 nitrogen and oxygen atoms in total. The molecule has 0 saturated carbocycles. The molecule has 0 bridgehead atoms. The van der Waals surface area contributed by atoms with Crippen LogP contribution in [0.4, 0.5) is 0 Å². The molecule has 0 radical (unpaired) electrons. The van der Waals surface area contributed by atoms with Gasteiger partial charge in [0.2, 0.25) is 11.8 Å². The molecule has 3 rings (SSSR count). The van der Waals surface area contributed by atoms with Crippen LogP contribution in [0.5, 0.6) is 0 Å². The Bertz CT molecular complexity index is 379. The predicted octanol–water partition coefficient (Wildman–Crippen LogP) is -0.803. The first-order valence-electron chi connectivity index (χ1n) is 7.04. The lowest BCUT2D eigenvalue weighted by Crippen LogP contribution is -2.51. The lowest BCUT2D eigenvalue weighted by Gasteiger charge is -2.36. The van der Waals surface area contributed by atoms with Crippen molar-refractivity contribution in [3.63, 3.8) is 0 Å². The summed E-state index contributed by atoms with van der Waals surface area (Å²) in [7, 11) is 0. The Morgan fingerprint density at radius 2 is 2.05 bits per heavy atom. The molecule has 0 spiro atoms. The van der Waals surface area contributed by atoms with E-state index >= 15 is 0 Å². The number of carbonyl (C=O) groups excluding carboxylic acids is 2. The fourth-order valence-electron chi connectivity index (χ4n) is 3.39. The summed E-state index contributed by atoms with van der Waals surface area (Å²) in [5, 5.41) is 3.00. The van der Waals surface area contributed by atoms with Crippen LogP contribution in [0, 0.1) is 0 Å². The van der Waals surface area contributed by atoms with Crippen LogP contribution in [-0.2, 0) is 14.3 Å². The monoisotopic (exact) mass is 267 g/mol. The molecule has 6 heteroatoms. The maximum atomic E-state index is 11.3. The normalized spacial score (nSPS) is 33.1. The Kier molecular flexibility index (Phi) is 3.45. The van der Waals surface area contributed by atoms with E-state index in [0.29, 0.717) is 6.04 Å². The average Bonchev–Trinajstić information content (AvgIpc) is 2.81. The first-order valence-corrected chi connectivity index (χ1v) is 7.04. The Balaban J connectivity index is 1.54. The maximum Gasteiger partial charge on any atom is 0.246 e. The highest BCUT2D eigenvalue weighted by Crippen LogP contribution is 2.24. The zero-order valence-electron chi connectivity index (χ0n) is 11.3. The summed E-state index contributed by atoms with van der Waals surface area (Å²) in [6.45, 7) is 5.29. The van der Waals surface area contributed by atoms with Crippen LogP contribution >= 0.6 is 0 Å². The smallest absolute Gasteiger partial charge is 0.246 e. The van der Waals surface area contributed by atoms with Gasteiger partial charge in [-0.05, 0) is 12.8 Å². The zero-order chi connectivity index (χ0) is 13.4. The minimum atomic E-state index is -0.00509. The molecule has 0 aromatic heterocycles. The van der Waals surface area contributed by atoms with Gasteiger partial charge in [-0.25, -0.2) is 0 Å². The van der Waals surface area contributed by atoms with Gasteiger partial charge in [0.05, 0.1) is 12.1 Å². The molecule has 0 aromatic rings. The van der Waals surface area contributed by atoms with Crippen LogP contribution in [0.1, 0.15) is 19.8 Å². The molecule has 2 unspecified atom stereocenters. The van der Waals surface area contributed by atoms with Crippen molar-refractivity contribution in [3.05, 3.63) is 0 Å². The fraction of sp³-hybridized carbons (Fsp3) is 0.846. The third kappa shape index (κ3) is 2.60. The molecular formula is C13H21N3O3. The summed E-state index contributed by atoms with van der Waals surface area (Å²) in [6, 6.07) is 0.661. The summed E-state index contributed by atoms with van der Waals surface area (Å²) < 4.78 is 5.58. The Morgan fingerprint density at radius 3 is 2.74 bits per heavy atom. The number of ether oxygens (including phenoxy) is 1. The summed E-state index contributed by atoms with van der Waals surface area (Å²) in [5.74, 6) is 0.165. The molecule has 19 heavy (non-hydrogen) atoms. The molecule has 3 fully saturated rings. The van der Waals surface area contributed by atoms with E-state index in [1.54, 1.807) is 6.92 Å². The second kappa shape index (κ2) is 5.09. The van der Waals surface area contributed by atoms with E-state index in [4.69, 9.17) is 4.74 Å². The van der Waals surface area contributed by atoms with E-state index in [0.717, 1.165) is 39.0 Å². The van der Waals surface area contributed by atoms with Crippen molar-refractivity contribution >= 4 is 11.8 Å². The van der Waals surface area contributed by atoms with Crippen LogP contribution < -0.4 is 5.32 Å². The quantitative estimate of drug-likeness (QED) is 0.675. The van der Waals surface area contributed by atoms with Gasteiger partial charge in [-0.2, -0.15) is 0 Å². The Morgan fingerprint density at radius 1 is 1.32 bits per heavy atom. The first-order chi connectivity index (χ1) is 9.13. The van der Waals surface area contributed by atoms with E-state index < -0.39 is 0 Å². The molecule has 3 aliphatic rings. The van der Waals surface area contributed by atoms with E-state index in [-0.39, 0.29) is 30.6 Å². The lowest BCUT2D eigenvalue weighted by atomic mass is 10.0. The lowest BCUT2D eigenvalue weighted by molar-refractivity contribution is -0.134. The Labute approximate surface area is 113 Å². The van der Waals surface area contributed by atoms with Crippen molar-refractivity contribution < 1.29 is 14.3 Å². The van der Waals surface area contributed by atoms with Crippen LogP contribution in [-0.4, -0.2) is 72.6 Å². The molecule has 0 aliphatic carbocycles. The molecule has 3 heterocycles. The van der Waals surface area contributed by atoms with Gasteiger partial charge >= 0.3 is 0 Å². The number of likely N-dealkylation sites (tertiary alicyclic amines) is 2. The summed E-state index contributed by atoms with van der Waals surface area (Å²) in [6.07, 6.45) is 2.18. The van der Waals surface area contributed by atoms with E-state index in [9.17, 15) is 9.59 Å². The highest BCUT2D eigenvalue weighted by molar-refractivity contribution is 5.78. The van der Waals surface area contributed by atoms with Gasteiger partial charge in [0.15, 0.2) is 0 Å². The number of morpholine rings is 1. The number of nitrogens with one attached hydrogen (secondary N) is 1. The van der Waals surface area contributed by atoms with E-state index in [1.807, 2.05) is 4.90 Å². The SMILES string of the molecule is CC(=O)N1CCC(N2CC3NC(=O)COC3C2)CC1. The summed E-state index contributed by atoms with van der Waals surface area (Å²) in [4.78, 5) is 27.0. The molecule has 3 saturated heterocycles. The highest BCUT2D eigenvalue weighted by atomic mass is 16.5. The topological polar surface area (TPSA) is 61.9 Å². The van der Waals surface area contributed by atoms with Gasteiger partial charge in [0, 0.05) is 39.1 Å². The van der Waals surface area contributed by atoms with Crippen LogP contribution in [0.15, 0.2) is 0 Å². The minimum Gasteiger partial charge on any atom is -0.365 e. The van der Waals surface area contributed by atoms with Gasteiger partial charge < -0.3 is 15.0 Å². The van der Waals surface area contributed by atoms with Gasteiger partial charge in [-0.3, -0.25) is 14.5 Å². The van der Waals surface area contributed by atoms with Crippen LogP contribution in [0.2, 0.25) is 0 Å². The van der Waals surface area contributed by atoms with Gasteiger partial charge in [0.25, 0.3) is 0 Å². The van der Waals surface area contributed by atoms with Crippen molar-refractivity contribution in [2.24, 2.45) is 0 Å². The second-order valence-electron chi connectivity index (χ2n) is 5.71. The molecular weight excluding hydrogens is 246 g/mol. The third-order valence-corrected chi connectivity index (χ3v) is 4.50. The molecule has 2 amide bonds. The van der Waals surface area contributed by atoms with E-state index in [1.165, 1.54) is 0 Å². The largest absolute Gasteiger partial charge is 0.365 e. The molecule has 1 N–H and O–H groups in total. The summed E-state index contributed by atoms with van der Waals surface area (Å²) >= 11 is 0. The molecule has 3 aliphatic heterocycles. The second-order valence-corrected chi connectivity index (χ2v) is 5.71. The first kappa shape index (κ1) is 12.9. The molecule has 0 aromatic carbocycles. The van der Waals surface area contributed by atoms with E-state index in [2.05, 4.69) is 10.2 Å². The number of carbonyl (C=O) groups is 2. The van der Waals surface area contributed by atoms with Crippen molar-refractivity contribution in [2.45, 2.75) is 38.0 Å². The number of piperidine rings is 1. The number of nitrogens with zero attached hydrogens (tertiary/aromatic N) is 2. The summed E-state index contributed by atoms with van der Waals surface area (Å²) in [5.41, 5.74) is 0. The highest BCUT2D eigenvalue weighted by Gasteiger charge is 2.40. The minimum absolute atomic E-state index is 0.00509. The van der Waals surface area contributed by atoms with Crippen molar-refractivity contribution in [1.29, 1.82) is 0 Å². The number of hydrogen-bond acceptors (Lipinski definition) is 4. The Hall–Kier alpha value is -1.14.